The Labute approximate surface area is 189 Å². The van der Waals surface area contributed by atoms with Gasteiger partial charge in [-0.15, -0.1) is 0 Å². The number of aromatic nitrogens is 3. The van der Waals surface area contributed by atoms with Gasteiger partial charge in [-0.1, -0.05) is 35.9 Å². The van der Waals surface area contributed by atoms with E-state index in [9.17, 15) is 4.79 Å². The topological polar surface area (TPSA) is 107 Å². The van der Waals surface area contributed by atoms with Crippen LogP contribution in [-0.4, -0.2) is 47.2 Å². The number of hydrogen-bond donors (Lipinski definition) is 1. The zero-order valence-electron chi connectivity index (χ0n) is 17.7. The van der Waals surface area contributed by atoms with Crippen molar-refractivity contribution in [2.24, 2.45) is 0 Å². The van der Waals surface area contributed by atoms with Crippen molar-refractivity contribution in [3.63, 3.8) is 0 Å². The standard InChI is InChI=1S/C22H22ClN5O4/c1-4-5-14(10-13(2)3)21-25-17(12-31-21)24-20(29)15-11-16-19(26-18(15)23)27-22(32-16)28-6-8-30-9-7-28/h4-5,10-12H,2,6-9H2,1,3H3,(H,24,29)/b5-4-,14-10+. The quantitative estimate of drug-likeness (QED) is 0.428. The van der Waals surface area contributed by atoms with E-state index >= 15 is 0 Å². The van der Waals surface area contributed by atoms with E-state index in [2.05, 4.69) is 26.8 Å². The van der Waals surface area contributed by atoms with Crippen LogP contribution in [0.5, 0.6) is 0 Å². The van der Waals surface area contributed by atoms with Gasteiger partial charge in [0, 0.05) is 24.7 Å². The van der Waals surface area contributed by atoms with Crippen molar-refractivity contribution in [1.29, 1.82) is 0 Å². The fourth-order valence-corrected chi connectivity index (χ4v) is 3.37. The molecule has 4 rings (SSSR count). The van der Waals surface area contributed by atoms with Gasteiger partial charge in [-0.05, 0) is 19.9 Å². The number of fused-ring (bicyclic) bond motifs is 1. The number of halogens is 1. The molecule has 1 fully saturated rings. The van der Waals surface area contributed by atoms with Crippen molar-refractivity contribution in [3.05, 3.63) is 59.3 Å². The Hall–Kier alpha value is -3.43. The van der Waals surface area contributed by atoms with Crippen molar-refractivity contribution in [2.75, 3.05) is 36.5 Å². The van der Waals surface area contributed by atoms with Gasteiger partial charge in [0.2, 0.25) is 11.5 Å². The molecule has 0 radical (unpaired) electrons. The summed E-state index contributed by atoms with van der Waals surface area (Å²) in [7, 11) is 0. The van der Waals surface area contributed by atoms with Gasteiger partial charge in [-0.3, -0.25) is 4.79 Å². The smallest absolute Gasteiger partial charge is 0.300 e. The highest BCUT2D eigenvalue weighted by Gasteiger charge is 2.21. The van der Waals surface area contributed by atoms with Crippen LogP contribution in [0.2, 0.25) is 5.15 Å². The zero-order valence-corrected chi connectivity index (χ0v) is 18.5. The van der Waals surface area contributed by atoms with Crippen molar-refractivity contribution >= 4 is 46.1 Å². The number of oxazole rings is 2. The second-order valence-electron chi connectivity index (χ2n) is 7.18. The van der Waals surface area contributed by atoms with Gasteiger partial charge in [0.1, 0.15) is 11.4 Å². The first-order valence-corrected chi connectivity index (χ1v) is 10.4. The summed E-state index contributed by atoms with van der Waals surface area (Å²) in [5.74, 6) is 0.0985. The van der Waals surface area contributed by atoms with Crippen LogP contribution in [0, 0.1) is 0 Å². The van der Waals surface area contributed by atoms with E-state index in [4.69, 9.17) is 25.2 Å². The third-order valence-corrected chi connectivity index (χ3v) is 4.88. The number of carbonyl (C=O) groups excluding carboxylic acids is 1. The SMILES string of the molecule is C=C(C)/C=C(\C=C/C)c1nc(NC(=O)c2cc3oc(N4CCOCC4)nc3nc2Cl)co1. The number of anilines is 2. The Kier molecular flexibility index (Phi) is 6.38. The average molecular weight is 456 g/mol. The molecule has 0 aliphatic carbocycles. The van der Waals surface area contributed by atoms with Gasteiger partial charge < -0.3 is 23.8 Å². The van der Waals surface area contributed by atoms with Crippen LogP contribution in [-0.2, 0) is 4.74 Å². The largest absolute Gasteiger partial charge is 0.442 e. The second kappa shape index (κ2) is 9.37. The van der Waals surface area contributed by atoms with E-state index < -0.39 is 5.91 Å². The molecule has 10 heteroatoms. The minimum Gasteiger partial charge on any atom is -0.442 e. The van der Waals surface area contributed by atoms with Gasteiger partial charge in [-0.25, -0.2) is 4.98 Å². The van der Waals surface area contributed by atoms with Gasteiger partial charge in [0.05, 0.1) is 18.8 Å². The molecule has 1 saturated heterocycles. The van der Waals surface area contributed by atoms with E-state index in [0.29, 0.717) is 49.4 Å². The van der Waals surface area contributed by atoms with Gasteiger partial charge in [0.25, 0.3) is 11.9 Å². The third-order valence-electron chi connectivity index (χ3n) is 4.59. The van der Waals surface area contributed by atoms with Crippen LogP contribution in [0.15, 0.2) is 51.5 Å². The van der Waals surface area contributed by atoms with E-state index in [1.807, 2.05) is 37.0 Å². The molecule has 1 amide bonds. The summed E-state index contributed by atoms with van der Waals surface area (Å²) in [6, 6.07) is 1.94. The predicted molar refractivity (Wildman–Crippen MR) is 122 cm³/mol. The van der Waals surface area contributed by atoms with Crippen LogP contribution in [0.25, 0.3) is 16.8 Å². The van der Waals surface area contributed by atoms with Crippen molar-refractivity contribution in [1.82, 2.24) is 15.0 Å². The van der Waals surface area contributed by atoms with E-state index in [1.165, 1.54) is 12.3 Å². The normalized spacial score (nSPS) is 15.0. The highest BCUT2D eigenvalue weighted by atomic mass is 35.5. The summed E-state index contributed by atoms with van der Waals surface area (Å²) < 4.78 is 16.7. The van der Waals surface area contributed by atoms with E-state index in [0.717, 1.165) is 11.1 Å². The number of nitrogens with zero attached hydrogens (tertiary/aromatic N) is 4. The molecule has 0 spiro atoms. The lowest BCUT2D eigenvalue weighted by Crippen LogP contribution is -2.36. The molecule has 9 nitrogen and oxygen atoms in total. The van der Waals surface area contributed by atoms with Gasteiger partial charge in [-0.2, -0.15) is 9.97 Å². The molecule has 166 valence electrons. The molecule has 3 aromatic heterocycles. The number of rotatable bonds is 6. The maximum atomic E-state index is 12.8. The number of carbonyl (C=O) groups is 1. The minimum atomic E-state index is -0.495. The first-order chi connectivity index (χ1) is 15.4. The van der Waals surface area contributed by atoms with Crippen LogP contribution < -0.4 is 10.2 Å². The number of morpholine rings is 1. The lowest BCUT2D eigenvalue weighted by Gasteiger charge is -2.24. The summed E-state index contributed by atoms with van der Waals surface area (Å²) in [4.78, 5) is 27.7. The highest BCUT2D eigenvalue weighted by molar-refractivity contribution is 6.33. The van der Waals surface area contributed by atoms with Crippen LogP contribution in [0.4, 0.5) is 11.8 Å². The summed E-state index contributed by atoms with van der Waals surface area (Å²) >= 11 is 6.25. The van der Waals surface area contributed by atoms with Crippen molar-refractivity contribution < 1.29 is 18.4 Å². The number of pyridine rings is 1. The van der Waals surface area contributed by atoms with E-state index in [1.54, 1.807) is 0 Å². The molecule has 1 N–H and O–H groups in total. The second-order valence-corrected chi connectivity index (χ2v) is 7.54. The van der Waals surface area contributed by atoms with Crippen molar-refractivity contribution in [2.45, 2.75) is 13.8 Å². The fourth-order valence-electron chi connectivity index (χ4n) is 3.15. The Morgan fingerprint density at radius 2 is 2.06 bits per heavy atom. The van der Waals surface area contributed by atoms with Gasteiger partial charge in [0.15, 0.2) is 11.4 Å². The minimum absolute atomic E-state index is 0.0114. The lowest BCUT2D eigenvalue weighted by atomic mass is 10.1. The monoisotopic (exact) mass is 455 g/mol. The summed E-state index contributed by atoms with van der Waals surface area (Å²) in [5, 5.41) is 2.69. The Bertz CT molecular complexity index is 1220. The third kappa shape index (κ3) is 4.74. The van der Waals surface area contributed by atoms with Crippen molar-refractivity contribution in [3.8, 4) is 0 Å². The molecular weight excluding hydrogens is 434 g/mol. The highest BCUT2D eigenvalue weighted by Crippen LogP contribution is 2.26. The molecule has 0 unspecified atom stereocenters. The number of nitrogens with one attached hydrogen (secondary N) is 1. The number of amides is 1. The molecule has 0 atom stereocenters. The predicted octanol–water partition coefficient (Wildman–Crippen LogP) is 4.49. The van der Waals surface area contributed by atoms with Crippen LogP contribution in [0.3, 0.4) is 0 Å². The molecule has 1 aliphatic heterocycles. The zero-order chi connectivity index (χ0) is 22.7. The Morgan fingerprint density at radius 1 is 1.28 bits per heavy atom. The molecule has 0 saturated carbocycles. The van der Waals surface area contributed by atoms with E-state index in [-0.39, 0.29) is 16.5 Å². The average Bonchev–Trinajstić information content (AvgIpc) is 3.40. The fraction of sp³-hybridized carbons (Fsp3) is 0.273. The number of hydrogen-bond acceptors (Lipinski definition) is 8. The molecule has 4 heterocycles. The van der Waals surface area contributed by atoms with Crippen LogP contribution >= 0.6 is 11.6 Å². The molecule has 0 aromatic carbocycles. The van der Waals surface area contributed by atoms with Gasteiger partial charge >= 0.3 is 0 Å². The first-order valence-electron chi connectivity index (χ1n) is 10.0. The molecular formula is C22H22ClN5O4. The number of ether oxygens (including phenoxy) is 1. The maximum Gasteiger partial charge on any atom is 0.300 e. The summed E-state index contributed by atoms with van der Waals surface area (Å²) in [5.41, 5.74) is 2.41. The van der Waals surface area contributed by atoms with Crippen LogP contribution in [0.1, 0.15) is 30.1 Å². The maximum absolute atomic E-state index is 12.8. The molecule has 0 bridgehead atoms. The Balaban J connectivity index is 1.55. The molecule has 32 heavy (non-hydrogen) atoms. The summed E-state index contributed by atoms with van der Waals surface area (Å²) in [6.45, 7) is 10.1. The molecule has 1 aliphatic rings. The first kappa shape index (κ1) is 21.8. The molecule has 3 aromatic rings. The lowest BCUT2D eigenvalue weighted by molar-refractivity contribution is 0.102. The Morgan fingerprint density at radius 3 is 2.78 bits per heavy atom. The number of allylic oxidation sites excluding steroid dienone is 5. The summed E-state index contributed by atoms with van der Waals surface area (Å²) in [6.07, 6.45) is 6.90.